The standard InChI is InChI=1S/C30H29FN4O4/c1-20(2)35-18-30(31,19-35)13-11-21-9-10-27-26(15-21)34(3)29(37)25(17-38-27)33-28(36)24-16-23(12-14-32-24)39-22-7-5-4-6-8-22/h4-10,12,14-16,20,25H,17-19H2,1-3H3,(H,33,36). The highest BCUT2D eigenvalue weighted by atomic mass is 19.1. The van der Waals surface area contributed by atoms with Crippen LogP contribution >= 0.6 is 0 Å². The van der Waals surface area contributed by atoms with Crippen molar-refractivity contribution in [1.29, 1.82) is 0 Å². The summed E-state index contributed by atoms with van der Waals surface area (Å²) in [7, 11) is 1.60. The number of anilines is 1. The van der Waals surface area contributed by atoms with Crippen molar-refractivity contribution in [1.82, 2.24) is 15.2 Å². The van der Waals surface area contributed by atoms with Crippen molar-refractivity contribution in [3.8, 4) is 29.1 Å². The molecule has 0 spiro atoms. The van der Waals surface area contributed by atoms with Crippen molar-refractivity contribution in [2.24, 2.45) is 0 Å². The van der Waals surface area contributed by atoms with Gasteiger partial charge in [-0.2, -0.15) is 0 Å². The van der Waals surface area contributed by atoms with Gasteiger partial charge >= 0.3 is 0 Å². The molecule has 39 heavy (non-hydrogen) atoms. The van der Waals surface area contributed by atoms with Crippen LogP contribution in [0.5, 0.6) is 17.2 Å². The molecule has 8 nitrogen and oxygen atoms in total. The number of carbonyl (C=O) groups is 2. The van der Waals surface area contributed by atoms with Gasteiger partial charge in [0.15, 0.2) is 5.67 Å². The molecule has 2 aliphatic heterocycles. The number of hydrogen-bond acceptors (Lipinski definition) is 6. The Labute approximate surface area is 226 Å². The van der Waals surface area contributed by atoms with Gasteiger partial charge in [-0.3, -0.25) is 19.5 Å². The van der Waals surface area contributed by atoms with E-state index in [1.165, 1.54) is 17.2 Å². The highest BCUT2D eigenvalue weighted by Gasteiger charge is 2.43. The van der Waals surface area contributed by atoms with Crippen LogP contribution in [0.4, 0.5) is 10.1 Å². The molecule has 3 aromatic rings. The Morgan fingerprint density at radius 3 is 2.67 bits per heavy atom. The summed E-state index contributed by atoms with van der Waals surface area (Å²) in [5, 5.41) is 2.71. The number of benzene rings is 2. The summed E-state index contributed by atoms with van der Waals surface area (Å²) in [6, 6.07) is 16.8. The average Bonchev–Trinajstić information content (AvgIpc) is 3.03. The van der Waals surface area contributed by atoms with Gasteiger partial charge in [0, 0.05) is 44.0 Å². The number of likely N-dealkylation sites (tertiary alicyclic amines) is 1. The van der Waals surface area contributed by atoms with Crippen LogP contribution in [0.3, 0.4) is 0 Å². The minimum absolute atomic E-state index is 0.0637. The molecule has 1 saturated heterocycles. The second kappa shape index (κ2) is 10.8. The smallest absolute Gasteiger partial charge is 0.270 e. The maximum Gasteiger partial charge on any atom is 0.270 e. The fraction of sp³-hybridized carbons (Fsp3) is 0.300. The van der Waals surface area contributed by atoms with Gasteiger partial charge in [-0.25, -0.2) is 4.39 Å². The van der Waals surface area contributed by atoms with Gasteiger partial charge in [0.05, 0.1) is 5.69 Å². The van der Waals surface area contributed by atoms with Crippen LogP contribution in [0.2, 0.25) is 0 Å². The first kappa shape index (κ1) is 26.2. The topological polar surface area (TPSA) is 84.0 Å². The number of alkyl halides is 1. The lowest BCUT2D eigenvalue weighted by atomic mass is 9.95. The van der Waals surface area contributed by atoms with E-state index in [9.17, 15) is 14.0 Å². The van der Waals surface area contributed by atoms with Crippen LogP contribution in [0.1, 0.15) is 29.9 Å². The van der Waals surface area contributed by atoms with Crippen LogP contribution in [-0.4, -0.2) is 66.2 Å². The van der Waals surface area contributed by atoms with Crippen LogP contribution in [0, 0.1) is 11.8 Å². The van der Waals surface area contributed by atoms with Crippen molar-refractivity contribution in [3.05, 3.63) is 78.1 Å². The Bertz CT molecular complexity index is 1440. The van der Waals surface area contributed by atoms with Gasteiger partial charge in [-0.1, -0.05) is 30.0 Å². The van der Waals surface area contributed by atoms with Crippen molar-refractivity contribution in [2.75, 3.05) is 31.6 Å². The van der Waals surface area contributed by atoms with E-state index >= 15 is 0 Å². The molecule has 9 heteroatoms. The largest absolute Gasteiger partial charge is 0.489 e. The number of pyridine rings is 1. The molecule has 5 rings (SSSR count). The summed E-state index contributed by atoms with van der Waals surface area (Å²) in [5.41, 5.74) is -0.378. The lowest BCUT2D eigenvalue weighted by molar-refractivity contribution is -0.120. The van der Waals surface area contributed by atoms with E-state index in [0.717, 1.165) is 0 Å². The van der Waals surface area contributed by atoms with E-state index in [1.807, 2.05) is 36.9 Å². The Morgan fingerprint density at radius 1 is 1.15 bits per heavy atom. The van der Waals surface area contributed by atoms with Gasteiger partial charge in [0.2, 0.25) is 0 Å². The average molecular weight is 529 g/mol. The number of para-hydroxylation sites is 1. The molecule has 200 valence electrons. The summed E-state index contributed by atoms with van der Waals surface area (Å²) in [5.74, 6) is 6.28. The van der Waals surface area contributed by atoms with Crippen LogP contribution in [0.25, 0.3) is 0 Å². The molecular weight excluding hydrogens is 499 g/mol. The number of likely N-dealkylation sites (N-methyl/N-ethyl adjacent to an activating group) is 1. The Balaban J connectivity index is 1.26. The molecule has 2 aliphatic rings. The normalized spacial score (nSPS) is 18.1. The number of nitrogens with one attached hydrogen (secondary N) is 1. The van der Waals surface area contributed by atoms with Crippen LogP contribution in [0.15, 0.2) is 66.9 Å². The Hall–Kier alpha value is -4.42. The van der Waals surface area contributed by atoms with E-state index < -0.39 is 17.6 Å². The highest BCUT2D eigenvalue weighted by molar-refractivity contribution is 6.03. The molecule has 0 aliphatic carbocycles. The number of halogens is 1. The zero-order chi connectivity index (χ0) is 27.6. The quantitative estimate of drug-likeness (QED) is 0.507. The number of rotatable bonds is 5. The Morgan fingerprint density at radius 2 is 1.92 bits per heavy atom. The number of carbonyl (C=O) groups excluding carboxylic acids is 2. The third-order valence-corrected chi connectivity index (χ3v) is 6.67. The number of aromatic nitrogens is 1. The van der Waals surface area contributed by atoms with Gasteiger partial charge in [-0.05, 0) is 50.2 Å². The number of ether oxygens (including phenoxy) is 2. The highest BCUT2D eigenvalue weighted by Crippen LogP contribution is 2.32. The maximum absolute atomic E-state index is 14.8. The first-order valence-electron chi connectivity index (χ1n) is 12.7. The predicted octanol–water partition coefficient (Wildman–Crippen LogP) is 3.81. The lowest BCUT2D eigenvalue weighted by Gasteiger charge is -2.43. The number of hydrogen-bond donors (Lipinski definition) is 1. The molecule has 3 heterocycles. The molecule has 0 saturated carbocycles. The zero-order valence-electron chi connectivity index (χ0n) is 22.0. The number of amides is 2. The summed E-state index contributed by atoms with van der Waals surface area (Å²) in [6.45, 7) is 4.54. The summed E-state index contributed by atoms with van der Waals surface area (Å²) in [6.07, 6.45) is 1.47. The summed E-state index contributed by atoms with van der Waals surface area (Å²) in [4.78, 5) is 33.8. The zero-order valence-corrected chi connectivity index (χ0v) is 22.0. The van der Waals surface area contributed by atoms with E-state index in [2.05, 4.69) is 22.1 Å². The van der Waals surface area contributed by atoms with Crippen molar-refractivity contribution in [3.63, 3.8) is 0 Å². The monoisotopic (exact) mass is 528 g/mol. The van der Waals surface area contributed by atoms with Gasteiger partial charge < -0.3 is 19.7 Å². The summed E-state index contributed by atoms with van der Waals surface area (Å²) < 4.78 is 26.5. The minimum atomic E-state index is -1.54. The fourth-order valence-corrected chi connectivity index (χ4v) is 4.36. The second-order valence-corrected chi connectivity index (χ2v) is 9.92. The molecular formula is C30H29FN4O4. The molecule has 1 fully saturated rings. The maximum atomic E-state index is 14.8. The van der Waals surface area contributed by atoms with Gasteiger partial charge in [0.1, 0.15) is 35.6 Å². The predicted molar refractivity (Wildman–Crippen MR) is 145 cm³/mol. The van der Waals surface area contributed by atoms with Crippen molar-refractivity contribution >= 4 is 17.5 Å². The molecule has 1 atom stereocenters. The van der Waals surface area contributed by atoms with Crippen LogP contribution < -0.4 is 19.7 Å². The third kappa shape index (κ3) is 5.86. The second-order valence-electron chi connectivity index (χ2n) is 9.92. The molecule has 0 bridgehead atoms. The van der Waals surface area contributed by atoms with Crippen molar-refractivity contribution < 1.29 is 23.5 Å². The first-order chi connectivity index (χ1) is 18.7. The lowest BCUT2D eigenvalue weighted by Crippen LogP contribution is -2.60. The molecule has 1 N–H and O–H groups in total. The van der Waals surface area contributed by atoms with E-state index in [0.29, 0.717) is 28.5 Å². The van der Waals surface area contributed by atoms with Gasteiger partial charge in [-0.15, -0.1) is 0 Å². The van der Waals surface area contributed by atoms with Crippen LogP contribution in [-0.2, 0) is 4.79 Å². The SMILES string of the molecule is CC(C)N1CC(F)(C#Cc2ccc3c(c2)N(C)C(=O)C(NC(=O)c2cc(Oc4ccccc4)ccn2)CO3)C1. The van der Waals surface area contributed by atoms with Gasteiger partial charge in [0.25, 0.3) is 11.8 Å². The van der Waals surface area contributed by atoms with E-state index in [-0.39, 0.29) is 37.3 Å². The first-order valence-corrected chi connectivity index (χ1v) is 12.7. The fourth-order valence-electron chi connectivity index (χ4n) is 4.36. The molecule has 1 aromatic heterocycles. The summed E-state index contributed by atoms with van der Waals surface area (Å²) >= 11 is 0. The van der Waals surface area contributed by atoms with Crippen molar-refractivity contribution in [2.45, 2.75) is 31.6 Å². The van der Waals surface area contributed by atoms with E-state index in [4.69, 9.17) is 9.47 Å². The molecule has 2 aromatic carbocycles. The molecule has 0 radical (unpaired) electrons. The Kier molecular flexibility index (Phi) is 7.22. The third-order valence-electron chi connectivity index (χ3n) is 6.67. The number of nitrogens with zero attached hydrogens (tertiary/aromatic N) is 3. The number of fused-ring (bicyclic) bond motifs is 1. The molecule has 1 unspecified atom stereocenters. The molecule has 2 amide bonds. The minimum Gasteiger partial charge on any atom is -0.489 e. The van der Waals surface area contributed by atoms with E-state index in [1.54, 1.807) is 43.4 Å².